The highest BCUT2D eigenvalue weighted by Crippen LogP contribution is 2.41. The second-order valence-corrected chi connectivity index (χ2v) is 11.5. The maximum absolute atomic E-state index is 13.1. The SMILES string of the molecule is C=Cc1c(C)c2cc3nc(c(CC)c4nc(cc5[nH]c(cc1[nH]2)c(C)c5CC)C(C)=C4C(=O)OC=O)C(C)C3C.CC.CCC(=O)O. The van der Waals surface area contributed by atoms with Gasteiger partial charge in [-0.25, -0.2) is 9.78 Å². The minimum Gasteiger partial charge on any atom is -0.481 e. The molecule has 0 aromatic carbocycles. The van der Waals surface area contributed by atoms with Crippen LogP contribution in [0.5, 0.6) is 0 Å². The summed E-state index contributed by atoms with van der Waals surface area (Å²) in [5.74, 6) is -1.18. The van der Waals surface area contributed by atoms with Crippen molar-refractivity contribution in [2.45, 2.75) is 100 Å². The molecular weight excluding hydrogens is 592 g/mol. The van der Waals surface area contributed by atoms with E-state index in [2.05, 4.69) is 63.3 Å². The van der Waals surface area contributed by atoms with Crippen molar-refractivity contribution in [3.8, 4) is 0 Å². The molecule has 0 saturated heterocycles. The van der Waals surface area contributed by atoms with E-state index in [4.69, 9.17) is 19.8 Å². The third kappa shape index (κ3) is 7.14. The lowest BCUT2D eigenvalue weighted by molar-refractivity contribution is -0.146. The largest absolute Gasteiger partial charge is 0.481 e. The molecule has 0 aliphatic carbocycles. The maximum atomic E-state index is 13.1. The number of carboxylic acids is 1. The summed E-state index contributed by atoms with van der Waals surface area (Å²) >= 11 is 0. The Balaban J connectivity index is 0.000000784. The lowest BCUT2D eigenvalue weighted by Gasteiger charge is -2.13. The lowest BCUT2D eigenvalue weighted by Crippen LogP contribution is -2.09. The number of carboxylic acid groups (broad SMARTS) is 1. The van der Waals surface area contributed by atoms with Crippen LogP contribution in [0.25, 0.3) is 39.3 Å². The number of hydrogen-bond donors (Lipinski definition) is 3. The first kappa shape index (κ1) is 36.7. The summed E-state index contributed by atoms with van der Waals surface area (Å²) in [6.07, 6.45) is 3.56. The highest BCUT2D eigenvalue weighted by molar-refractivity contribution is 6.26. The van der Waals surface area contributed by atoms with Crippen LogP contribution in [0.3, 0.4) is 0 Å². The molecule has 0 fully saturated rings. The predicted molar refractivity (Wildman–Crippen MR) is 190 cm³/mol. The van der Waals surface area contributed by atoms with E-state index in [0.29, 0.717) is 29.0 Å². The van der Waals surface area contributed by atoms with Crippen molar-refractivity contribution in [1.29, 1.82) is 0 Å². The number of allylic oxidation sites excluding steroid dienone is 1. The van der Waals surface area contributed by atoms with Gasteiger partial charge in [0.1, 0.15) is 0 Å². The van der Waals surface area contributed by atoms with E-state index < -0.39 is 11.9 Å². The number of rotatable bonds is 6. The second-order valence-electron chi connectivity index (χ2n) is 11.5. The van der Waals surface area contributed by atoms with Crippen molar-refractivity contribution in [3.63, 3.8) is 0 Å². The van der Waals surface area contributed by atoms with Gasteiger partial charge in [0.2, 0.25) is 0 Å². The standard InChI is InChI=1S/C33H36N4O3.C3H6O2.C2H6/c1-9-21-18(6)25-12-24-16(4)17(5)31(36-24)23(11-3)32-30(33(39)40-15-38)20(8)27(37-32)14-29-22(10-2)19(7)26(35-29)13-28(21)34-25;1-2-3(4)5;1-2/h9,12-17,34-35H,1,10-11H2,2-8H3;2H2,1H3,(H,4,5);1-2H3. The Kier molecular flexibility index (Phi) is 12.2. The first-order valence-corrected chi connectivity index (χ1v) is 16.4. The molecule has 47 heavy (non-hydrogen) atoms. The summed E-state index contributed by atoms with van der Waals surface area (Å²) in [7, 11) is 0. The number of ether oxygens (including phenoxy) is 1. The quantitative estimate of drug-likeness (QED) is 0.139. The number of aromatic amines is 2. The van der Waals surface area contributed by atoms with Gasteiger partial charge in [-0.05, 0) is 74.1 Å². The molecule has 5 rings (SSSR count). The van der Waals surface area contributed by atoms with Crippen LogP contribution < -0.4 is 0 Å². The first-order chi connectivity index (χ1) is 22.4. The molecule has 2 atom stereocenters. The van der Waals surface area contributed by atoms with E-state index in [1.165, 1.54) is 5.56 Å². The van der Waals surface area contributed by atoms with Crippen LogP contribution in [0.2, 0.25) is 0 Å². The topological polar surface area (TPSA) is 138 Å². The molecule has 9 nitrogen and oxygen atoms in total. The molecule has 3 N–H and O–H groups in total. The Morgan fingerprint density at radius 3 is 2.04 bits per heavy atom. The molecule has 0 amide bonds. The highest BCUT2D eigenvalue weighted by atomic mass is 16.6. The Morgan fingerprint density at radius 1 is 0.894 bits per heavy atom. The zero-order chi connectivity index (χ0) is 35.2. The Bertz CT molecular complexity index is 1890. The van der Waals surface area contributed by atoms with Gasteiger partial charge in [-0.2, -0.15) is 0 Å². The molecule has 0 radical (unpaired) electrons. The Morgan fingerprint density at radius 2 is 1.49 bits per heavy atom. The van der Waals surface area contributed by atoms with Gasteiger partial charge in [0, 0.05) is 62.8 Å². The average Bonchev–Trinajstić information content (AvgIpc) is 3.72. The number of nitrogens with zero attached hydrogens (tertiary/aromatic N) is 2. The van der Waals surface area contributed by atoms with E-state index in [-0.39, 0.29) is 24.7 Å². The highest BCUT2D eigenvalue weighted by Gasteiger charge is 2.32. The number of carbonyl (C=O) groups excluding carboxylic acids is 2. The average molecular weight is 641 g/mol. The first-order valence-electron chi connectivity index (χ1n) is 16.4. The molecule has 9 heteroatoms. The van der Waals surface area contributed by atoms with Crippen LogP contribution in [0.15, 0.2) is 24.8 Å². The van der Waals surface area contributed by atoms with Crippen molar-refractivity contribution >= 4 is 57.7 Å². The van der Waals surface area contributed by atoms with Gasteiger partial charge < -0.3 is 19.8 Å². The third-order valence-corrected chi connectivity index (χ3v) is 8.97. The van der Waals surface area contributed by atoms with Gasteiger partial charge in [0.15, 0.2) is 0 Å². The smallest absolute Gasteiger partial charge is 0.348 e. The number of H-pyrrole nitrogens is 2. The molecule has 0 saturated carbocycles. The number of fused-ring (bicyclic) bond motifs is 8. The molecule has 2 aliphatic heterocycles. The number of carbonyl (C=O) groups is 3. The van der Waals surface area contributed by atoms with Gasteiger partial charge >= 0.3 is 18.4 Å². The summed E-state index contributed by atoms with van der Waals surface area (Å²) in [5.41, 5.74) is 13.3. The van der Waals surface area contributed by atoms with Crippen LogP contribution in [0.4, 0.5) is 0 Å². The number of aromatic nitrogens is 4. The molecule has 8 bridgehead atoms. The minimum absolute atomic E-state index is 0.108. The van der Waals surface area contributed by atoms with Gasteiger partial charge in [-0.15, -0.1) is 0 Å². The Hall–Kier alpha value is -4.79. The van der Waals surface area contributed by atoms with Gasteiger partial charge in [0.25, 0.3) is 0 Å². The Labute approximate surface area is 277 Å². The van der Waals surface area contributed by atoms with E-state index in [1.807, 2.05) is 39.8 Å². The van der Waals surface area contributed by atoms with Gasteiger partial charge in [0.05, 0.1) is 17.0 Å². The number of hydrogen-bond acceptors (Lipinski definition) is 6. The van der Waals surface area contributed by atoms with Crippen molar-refractivity contribution in [3.05, 3.63) is 75.4 Å². The number of aliphatic carboxylic acids is 1. The van der Waals surface area contributed by atoms with Crippen molar-refractivity contribution in [2.24, 2.45) is 0 Å². The zero-order valence-electron chi connectivity index (χ0n) is 29.3. The summed E-state index contributed by atoms with van der Waals surface area (Å²) in [4.78, 5) is 51.0. The van der Waals surface area contributed by atoms with Crippen LogP contribution >= 0.6 is 0 Å². The third-order valence-electron chi connectivity index (χ3n) is 8.97. The number of nitrogens with one attached hydrogen (secondary N) is 2. The molecule has 2 aliphatic rings. The molecule has 0 spiro atoms. The normalized spacial score (nSPS) is 15.2. The predicted octanol–water partition coefficient (Wildman–Crippen LogP) is 8.74. The maximum Gasteiger partial charge on any atom is 0.348 e. The number of aryl methyl sites for hydroxylation is 3. The van der Waals surface area contributed by atoms with Crippen LogP contribution in [-0.2, 0) is 32.0 Å². The summed E-state index contributed by atoms with van der Waals surface area (Å²) in [6, 6.07) is 6.25. The molecule has 250 valence electrons. The van der Waals surface area contributed by atoms with E-state index in [1.54, 1.807) is 6.92 Å². The monoisotopic (exact) mass is 640 g/mol. The molecule has 5 heterocycles. The molecule has 2 unspecified atom stereocenters. The minimum atomic E-state index is -0.745. The lowest BCUT2D eigenvalue weighted by atomic mass is 9.89. The van der Waals surface area contributed by atoms with E-state index in [0.717, 1.165) is 62.1 Å². The van der Waals surface area contributed by atoms with E-state index in [9.17, 15) is 14.4 Å². The fourth-order valence-corrected chi connectivity index (χ4v) is 6.09. The van der Waals surface area contributed by atoms with Crippen molar-refractivity contribution in [1.82, 2.24) is 19.9 Å². The van der Waals surface area contributed by atoms with E-state index >= 15 is 0 Å². The summed E-state index contributed by atoms with van der Waals surface area (Å²) < 4.78 is 4.86. The fourth-order valence-electron chi connectivity index (χ4n) is 6.09. The summed E-state index contributed by atoms with van der Waals surface area (Å²) in [5, 5.41) is 7.72. The van der Waals surface area contributed by atoms with Crippen LogP contribution in [0.1, 0.15) is 124 Å². The van der Waals surface area contributed by atoms with Gasteiger partial charge in [-0.3, -0.25) is 14.6 Å². The summed E-state index contributed by atoms with van der Waals surface area (Å²) in [6.45, 7) is 24.4. The van der Waals surface area contributed by atoms with Crippen LogP contribution in [0, 0.1) is 13.8 Å². The van der Waals surface area contributed by atoms with Gasteiger partial charge in [-0.1, -0.05) is 61.1 Å². The molecule has 3 aromatic rings. The van der Waals surface area contributed by atoms with Crippen LogP contribution in [-0.4, -0.2) is 43.5 Å². The van der Waals surface area contributed by atoms with Crippen molar-refractivity contribution < 1.29 is 24.2 Å². The molecular formula is C38H48N4O5. The number of esters is 1. The second kappa shape index (κ2) is 15.7. The van der Waals surface area contributed by atoms with Crippen molar-refractivity contribution in [2.75, 3.05) is 0 Å². The zero-order valence-corrected chi connectivity index (χ0v) is 29.3. The fraction of sp³-hybridized carbons (Fsp3) is 0.395. The molecule has 3 aromatic heterocycles.